The maximum absolute atomic E-state index is 12.6. The molecule has 1 fully saturated rings. The summed E-state index contributed by atoms with van der Waals surface area (Å²) in [7, 11) is -1.69. The highest BCUT2D eigenvalue weighted by molar-refractivity contribution is 7.86. The molecule has 1 aliphatic heterocycles. The molecule has 1 rings (SSSR count). The van der Waals surface area contributed by atoms with Crippen LogP contribution in [0, 0.1) is 5.92 Å². The van der Waals surface area contributed by atoms with Crippen LogP contribution in [0.25, 0.3) is 0 Å². The van der Waals surface area contributed by atoms with Crippen molar-refractivity contribution in [2.45, 2.75) is 45.6 Å². The number of hydrogen-bond acceptors (Lipinski definition) is 3. The zero-order chi connectivity index (χ0) is 14.0. The minimum Gasteiger partial charge on any atom is -0.330 e. The van der Waals surface area contributed by atoms with Gasteiger partial charge >= 0.3 is 0 Å². The Labute approximate surface area is 112 Å². The van der Waals surface area contributed by atoms with Crippen LogP contribution in [0.2, 0.25) is 0 Å². The van der Waals surface area contributed by atoms with Crippen molar-refractivity contribution in [1.29, 1.82) is 0 Å². The predicted molar refractivity (Wildman–Crippen MR) is 74.4 cm³/mol. The first-order valence-corrected chi connectivity index (χ1v) is 8.09. The largest absolute Gasteiger partial charge is 0.330 e. The van der Waals surface area contributed by atoms with Gasteiger partial charge in [-0.2, -0.15) is 17.0 Å². The zero-order valence-electron chi connectivity index (χ0n) is 12.0. The van der Waals surface area contributed by atoms with E-state index in [0.717, 1.165) is 19.3 Å². The van der Waals surface area contributed by atoms with Gasteiger partial charge < -0.3 is 5.73 Å². The van der Waals surface area contributed by atoms with Gasteiger partial charge in [-0.15, -0.1) is 0 Å². The molecule has 18 heavy (non-hydrogen) atoms. The van der Waals surface area contributed by atoms with E-state index in [1.165, 1.54) is 4.31 Å². The smallest absolute Gasteiger partial charge is 0.282 e. The molecule has 0 aromatic heterocycles. The molecule has 0 aromatic rings. The minimum absolute atomic E-state index is 0.298. The van der Waals surface area contributed by atoms with Gasteiger partial charge in [0.25, 0.3) is 10.2 Å². The van der Waals surface area contributed by atoms with Crippen LogP contribution < -0.4 is 5.73 Å². The fourth-order valence-electron chi connectivity index (χ4n) is 2.14. The fraction of sp³-hybridized carbons (Fsp3) is 1.00. The van der Waals surface area contributed by atoms with E-state index in [1.54, 1.807) is 11.4 Å². The van der Waals surface area contributed by atoms with Crippen molar-refractivity contribution in [2.24, 2.45) is 11.7 Å². The third-order valence-corrected chi connectivity index (χ3v) is 6.38. The Morgan fingerprint density at radius 3 is 2.56 bits per heavy atom. The van der Waals surface area contributed by atoms with Crippen LogP contribution in [0.4, 0.5) is 0 Å². The van der Waals surface area contributed by atoms with Gasteiger partial charge in [-0.1, -0.05) is 6.92 Å². The van der Waals surface area contributed by atoms with Crippen molar-refractivity contribution >= 4 is 10.2 Å². The van der Waals surface area contributed by atoms with Crippen molar-refractivity contribution in [3.63, 3.8) is 0 Å². The summed E-state index contributed by atoms with van der Waals surface area (Å²) in [6, 6.07) is 0. The molecule has 0 radical (unpaired) electrons. The van der Waals surface area contributed by atoms with Gasteiger partial charge in [-0.3, -0.25) is 0 Å². The summed E-state index contributed by atoms with van der Waals surface area (Å²) in [5.41, 5.74) is 5.31. The number of piperidine rings is 1. The third kappa shape index (κ3) is 3.23. The van der Waals surface area contributed by atoms with Gasteiger partial charge in [0.05, 0.1) is 0 Å². The van der Waals surface area contributed by atoms with Crippen molar-refractivity contribution < 1.29 is 8.42 Å². The lowest BCUT2D eigenvalue weighted by Crippen LogP contribution is -2.53. The van der Waals surface area contributed by atoms with Crippen molar-refractivity contribution in [3.05, 3.63) is 0 Å². The monoisotopic (exact) mass is 277 g/mol. The predicted octanol–water partition coefficient (Wildman–Crippen LogP) is 1.02. The molecule has 0 bridgehead atoms. The van der Waals surface area contributed by atoms with Crippen LogP contribution >= 0.6 is 0 Å². The molecule has 1 heterocycles. The highest BCUT2D eigenvalue weighted by Crippen LogP contribution is 2.25. The van der Waals surface area contributed by atoms with Gasteiger partial charge in [0, 0.05) is 25.7 Å². The molecule has 6 heteroatoms. The number of hydrogen-bond donors (Lipinski definition) is 1. The Kier molecular flexibility index (Phi) is 5.17. The molecule has 0 aromatic carbocycles. The first kappa shape index (κ1) is 15.9. The first-order chi connectivity index (χ1) is 8.25. The van der Waals surface area contributed by atoms with E-state index in [-0.39, 0.29) is 5.54 Å². The molecular formula is C12H27N3O2S. The minimum atomic E-state index is -3.36. The third-order valence-electron chi connectivity index (χ3n) is 4.21. The quantitative estimate of drug-likeness (QED) is 0.816. The summed E-state index contributed by atoms with van der Waals surface area (Å²) in [4.78, 5) is 0. The Hall–Kier alpha value is -0.170. The van der Waals surface area contributed by atoms with Crippen molar-refractivity contribution in [2.75, 3.05) is 26.7 Å². The molecular weight excluding hydrogens is 250 g/mol. The SMILES string of the molecule is CCC(C)(C)N(C)S(=O)(=O)N1CCCC(CN)C1. The van der Waals surface area contributed by atoms with E-state index in [0.29, 0.717) is 25.6 Å². The second-order valence-electron chi connectivity index (χ2n) is 5.74. The van der Waals surface area contributed by atoms with E-state index >= 15 is 0 Å². The lowest BCUT2D eigenvalue weighted by atomic mass is 10.0. The van der Waals surface area contributed by atoms with Crippen molar-refractivity contribution in [1.82, 2.24) is 8.61 Å². The summed E-state index contributed by atoms with van der Waals surface area (Å²) >= 11 is 0. The van der Waals surface area contributed by atoms with E-state index in [1.807, 2.05) is 20.8 Å². The van der Waals surface area contributed by atoms with Crippen LogP contribution in [0.5, 0.6) is 0 Å². The maximum Gasteiger partial charge on any atom is 0.282 e. The topological polar surface area (TPSA) is 66.6 Å². The summed E-state index contributed by atoms with van der Waals surface area (Å²) in [5.74, 6) is 0.298. The van der Waals surface area contributed by atoms with Crippen LogP contribution in [0.3, 0.4) is 0 Å². The summed E-state index contributed by atoms with van der Waals surface area (Å²) in [6.45, 7) is 7.65. The van der Waals surface area contributed by atoms with Gasteiger partial charge in [-0.05, 0) is 45.6 Å². The van der Waals surface area contributed by atoms with E-state index in [4.69, 9.17) is 5.73 Å². The molecule has 2 N–H and O–H groups in total. The highest BCUT2D eigenvalue weighted by atomic mass is 32.2. The van der Waals surface area contributed by atoms with E-state index < -0.39 is 10.2 Å². The zero-order valence-corrected chi connectivity index (χ0v) is 12.8. The molecule has 0 saturated carbocycles. The lowest BCUT2D eigenvalue weighted by Gasteiger charge is -2.40. The van der Waals surface area contributed by atoms with Gasteiger partial charge in [0.2, 0.25) is 0 Å². The summed E-state index contributed by atoms with van der Waals surface area (Å²) < 4.78 is 28.2. The van der Waals surface area contributed by atoms with Crippen LogP contribution in [-0.2, 0) is 10.2 Å². The summed E-state index contributed by atoms with van der Waals surface area (Å²) in [6.07, 6.45) is 2.72. The van der Waals surface area contributed by atoms with Crippen LogP contribution in [-0.4, -0.2) is 49.2 Å². The second kappa shape index (κ2) is 5.86. The molecule has 1 unspecified atom stereocenters. The number of nitrogens with two attached hydrogens (primary N) is 1. The average Bonchev–Trinajstić information content (AvgIpc) is 2.37. The molecule has 1 aliphatic rings. The second-order valence-corrected chi connectivity index (χ2v) is 7.70. The van der Waals surface area contributed by atoms with Crippen molar-refractivity contribution in [3.8, 4) is 0 Å². The number of nitrogens with zero attached hydrogens (tertiary/aromatic N) is 2. The molecule has 1 saturated heterocycles. The molecule has 0 amide bonds. The number of rotatable bonds is 5. The first-order valence-electron chi connectivity index (χ1n) is 6.70. The standard InChI is InChI=1S/C12H27N3O2S/c1-5-12(2,3)14(4)18(16,17)15-8-6-7-11(9-13)10-15/h11H,5-10,13H2,1-4H3. The van der Waals surface area contributed by atoms with Crippen LogP contribution in [0.1, 0.15) is 40.0 Å². The Bertz CT molecular complexity index is 368. The molecule has 0 aliphatic carbocycles. The summed E-state index contributed by atoms with van der Waals surface area (Å²) in [5, 5.41) is 0. The Morgan fingerprint density at radius 1 is 1.44 bits per heavy atom. The van der Waals surface area contributed by atoms with Gasteiger partial charge in [0.15, 0.2) is 0 Å². The van der Waals surface area contributed by atoms with E-state index in [9.17, 15) is 8.42 Å². The molecule has 1 atom stereocenters. The normalized spacial score (nSPS) is 23.6. The Balaban J connectivity index is 2.86. The average molecular weight is 277 g/mol. The van der Waals surface area contributed by atoms with E-state index in [2.05, 4.69) is 0 Å². The maximum atomic E-state index is 12.6. The van der Waals surface area contributed by atoms with Gasteiger partial charge in [0.1, 0.15) is 0 Å². The fourth-order valence-corrected chi connectivity index (χ4v) is 4.00. The Morgan fingerprint density at radius 2 is 2.06 bits per heavy atom. The van der Waals surface area contributed by atoms with Crippen LogP contribution in [0.15, 0.2) is 0 Å². The lowest BCUT2D eigenvalue weighted by molar-refractivity contribution is 0.210. The molecule has 5 nitrogen and oxygen atoms in total. The van der Waals surface area contributed by atoms with Gasteiger partial charge in [-0.25, -0.2) is 0 Å². The molecule has 0 spiro atoms. The highest BCUT2D eigenvalue weighted by Gasteiger charge is 2.37. The molecule has 108 valence electrons.